The second-order valence-electron chi connectivity index (χ2n) is 4.93. The van der Waals surface area contributed by atoms with Crippen molar-refractivity contribution >= 4 is 56.4 Å². The third kappa shape index (κ3) is 3.68. The van der Waals surface area contributed by atoms with Gasteiger partial charge in [-0.1, -0.05) is 62.5 Å². The number of rotatable bonds is 3. The van der Waals surface area contributed by atoms with Crippen molar-refractivity contribution in [2.45, 2.75) is 12.5 Å². The van der Waals surface area contributed by atoms with Crippen LogP contribution < -0.4 is 5.32 Å². The quantitative estimate of drug-likeness (QED) is 0.778. The van der Waals surface area contributed by atoms with Gasteiger partial charge >= 0.3 is 0 Å². The van der Waals surface area contributed by atoms with Crippen molar-refractivity contribution < 1.29 is 9.63 Å². The molecule has 0 aliphatic carbocycles. The monoisotopic (exact) mass is 412 g/mol. The molecule has 118 valence electrons. The van der Waals surface area contributed by atoms with Gasteiger partial charge in [0.25, 0.3) is 5.91 Å². The molecule has 2 aromatic rings. The highest BCUT2D eigenvalue weighted by Crippen LogP contribution is 2.30. The first-order valence-corrected chi connectivity index (χ1v) is 8.33. The molecule has 1 aliphatic heterocycles. The van der Waals surface area contributed by atoms with Crippen molar-refractivity contribution in [2.24, 2.45) is 5.16 Å². The molecule has 1 N–H and O–H groups in total. The third-order valence-corrected chi connectivity index (χ3v) is 4.45. The van der Waals surface area contributed by atoms with Crippen LogP contribution in [0, 0.1) is 0 Å². The molecule has 0 radical (unpaired) electrons. The van der Waals surface area contributed by atoms with Crippen molar-refractivity contribution in [3.05, 3.63) is 62.5 Å². The van der Waals surface area contributed by atoms with E-state index in [9.17, 15) is 4.79 Å². The lowest BCUT2D eigenvalue weighted by Crippen LogP contribution is -2.28. The Balaban J connectivity index is 1.69. The number of benzene rings is 2. The van der Waals surface area contributed by atoms with Gasteiger partial charge in [0, 0.05) is 16.5 Å². The normalized spacial score (nSPS) is 16.7. The van der Waals surface area contributed by atoms with Gasteiger partial charge in [0.1, 0.15) is 0 Å². The van der Waals surface area contributed by atoms with Crippen LogP contribution in [0.25, 0.3) is 0 Å². The maximum Gasteiger partial charge on any atom is 0.268 e. The van der Waals surface area contributed by atoms with Gasteiger partial charge < -0.3 is 10.2 Å². The van der Waals surface area contributed by atoms with Crippen molar-refractivity contribution in [2.75, 3.05) is 5.32 Å². The van der Waals surface area contributed by atoms with Crippen LogP contribution in [0.3, 0.4) is 0 Å². The molecule has 0 saturated heterocycles. The first-order chi connectivity index (χ1) is 11.0. The van der Waals surface area contributed by atoms with Gasteiger partial charge in [-0.3, -0.25) is 4.79 Å². The maximum absolute atomic E-state index is 12.3. The predicted octanol–water partition coefficient (Wildman–Crippen LogP) is 4.89. The minimum atomic E-state index is -0.712. The van der Waals surface area contributed by atoms with Crippen LogP contribution >= 0.6 is 39.1 Å². The number of oxime groups is 1. The highest BCUT2D eigenvalue weighted by Gasteiger charge is 2.29. The summed E-state index contributed by atoms with van der Waals surface area (Å²) >= 11 is 15.5. The molecule has 0 aromatic heterocycles. The van der Waals surface area contributed by atoms with Gasteiger partial charge in [0.2, 0.25) is 6.10 Å². The van der Waals surface area contributed by atoms with Crippen LogP contribution in [-0.4, -0.2) is 17.7 Å². The van der Waals surface area contributed by atoms with Crippen molar-refractivity contribution in [3.63, 3.8) is 0 Å². The van der Waals surface area contributed by atoms with E-state index in [2.05, 4.69) is 26.4 Å². The first kappa shape index (κ1) is 16.3. The third-order valence-electron chi connectivity index (χ3n) is 3.33. The summed E-state index contributed by atoms with van der Waals surface area (Å²) in [6, 6.07) is 12.7. The number of hydrogen-bond donors (Lipinski definition) is 1. The molecule has 0 bridgehead atoms. The number of para-hydroxylation sites is 1. The summed E-state index contributed by atoms with van der Waals surface area (Å²) in [5.41, 5.74) is 2.00. The number of nitrogens with one attached hydrogen (secondary N) is 1. The lowest BCUT2D eigenvalue weighted by molar-refractivity contribution is -0.125. The summed E-state index contributed by atoms with van der Waals surface area (Å²) in [6.45, 7) is 0. The lowest BCUT2D eigenvalue weighted by Gasteiger charge is -2.12. The molecular weight excluding hydrogens is 403 g/mol. The van der Waals surface area contributed by atoms with Crippen LogP contribution in [0.5, 0.6) is 0 Å². The fourth-order valence-corrected chi connectivity index (χ4v) is 3.07. The standard InChI is InChI=1S/C16H11BrCl2N2O2/c17-10-4-1-3-9(7-10)13-8-14(23-21-13)16(22)20-15-11(18)5-2-6-12(15)19/h1-7,14H,8H2,(H,20,22)/t14-/m1/s1. The number of carbonyl (C=O) groups excluding carboxylic acids is 1. The van der Waals surface area contributed by atoms with E-state index >= 15 is 0 Å². The molecule has 1 aliphatic rings. The van der Waals surface area contributed by atoms with E-state index in [-0.39, 0.29) is 5.91 Å². The molecule has 0 saturated carbocycles. The molecule has 0 unspecified atom stereocenters. The van der Waals surface area contributed by atoms with Gasteiger partial charge in [0.05, 0.1) is 21.4 Å². The second-order valence-corrected chi connectivity index (χ2v) is 6.66. The zero-order valence-electron chi connectivity index (χ0n) is 11.7. The van der Waals surface area contributed by atoms with E-state index in [1.807, 2.05) is 24.3 Å². The molecular formula is C16H11BrCl2N2O2. The molecule has 1 amide bonds. The summed E-state index contributed by atoms with van der Waals surface area (Å²) in [5.74, 6) is -0.339. The van der Waals surface area contributed by atoms with Crippen molar-refractivity contribution in [3.8, 4) is 0 Å². The highest BCUT2D eigenvalue weighted by molar-refractivity contribution is 9.10. The van der Waals surface area contributed by atoms with E-state index in [0.717, 1.165) is 15.7 Å². The maximum atomic E-state index is 12.3. The molecule has 1 heterocycles. The van der Waals surface area contributed by atoms with Gasteiger partial charge in [-0.2, -0.15) is 0 Å². The minimum absolute atomic E-state index is 0.339. The fourth-order valence-electron chi connectivity index (χ4n) is 2.18. The van der Waals surface area contributed by atoms with E-state index in [0.29, 0.717) is 22.2 Å². The largest absolute Gasteiger partial charge is 0.382 e. The summed E-state index contributed by atoms with van der Waals surface area (Å²) in [6.07, 6.45) is -0.332. The van der Waals surface area contributed by atoms with Gasteiger partial charge in [0.15, 0.2) is 0 Å². The van der Waals surface area contributed by atoms with Crippen molar-refractivity contribution in [1.29, 1.82) is 0 Å². The number of amides is 1. The molecule has 7 heteroatoms. The molecule has 0 fully saturated rings. The van der Waals surface area contributed by atoms with Crippen LogP contribution in [0.4, 0.5) is 5.69 Å². The Hall–Kier alpha value is -1.56. The van der Waals surface area contributed by atoms with E-state index < -0.39 is 6.10 Å². The van der Waals surface area contributed by atoms with Crippen LogP contribution in [0.15, 0.2) is 52.1 Å². The zero-order chi connectivity index (χ0) is 16.4. The molecule has 23 heavy (non-hydrogen) atoms. The van der Waals surface area contributed by atoms with Crippen molar-refractivity contribution in [1.82, 2.24) is 0 Å². The molecule has 4 nitrogen and oxygen atoms in total. The molecule has 2 aromatic carbocycles. The Morgan fingerprint density at radius 3 is 2.61 bits per heavy atom. The summed E-state index contributed by atoms with van der Waals surface area (Å²) < 4.78 is 0.938. The van der Waals surface area contributed by atoms with Crippen LogP contribution in [0.2, 0.25) is 10.0 Å². The van der Waals surface area contributed by atoms with E-state index in [1.54, 1.807) is 18.2 Å². The summed E-state index contributed by atoms with van der Waals surface area (Å²) in [4.78, 5) is 17.6. The number of carbonyl (C=O) groups is 1. The Labute approximate surface area is 151 Å². The van der Waals surface area contributed by atoms with Gasteiger partial charge in [-0.05, 0) is 24.3 Å². The Morgan fingerprint density at radius 2 is 1.91 bits per heavy atom. The van der Waals surface area contributed by atoms with Gasteiger partial charge in [-0.15, -0.1) is 0 Å². The number of nitrogens with zero attached hydrogens (tertiary/aromatic N) is 1. The Kier molecular flexibility index (Phi) is 4.90. The Bertz CT molecular complexity index is 775. The summed E-state index contributed by atoms with van der Waals surface area (Å²) in [7, 11) is 0. The van der Waals surface area contributed by atoms with Gasteiger partial charge in [-0.25, -0.2) is 0 Å². The van der Waals surface area contributed by atoms with E-state index in [1.165, 1.54) is 0 Å². The number of anilines is 1. The average Bonchev–Trinajstić information content (AvgIpc) is 3.01. The first-order valence-electron chi connectivity index (χ1n) is 6.78. The lowest BCUT2D eigenvalue weighted by atomic mass is 10.0. The number of hydrogen-bond acceptors (Lipinski definition) is 3. The smallest absolute Gasteiger partial charge is 0.268 e. The Morgan fingerprint density at radius 1 is 1.22 bits per heavy atom. The summed E-state index contributed by atoms with van der Waals surface area (Å²) in [5, 5.41) is 7.44. The topological polar surface area (TPSA) is 50.7 Å². The molecule has 3 rings (SSSR count). The van der Waals surface area contributed by atoms with Crippen LogP contribution in [-0.2, 0) is 9.63 Å². The number of halogens is 3. The zero-order valence-corrected chi connectivity index (χ0v) is 14.8. The predicted molar refractivity (Wildman–Crippen MR) is 95.3 cm³/mol. The highest BCUT2D eigenvalue weighted by atomic mass is 79.9. The minimum Gasteiger partial charge on any atom is -0.382 e. The SMILES string of the molecule is O=C(Nc1c(Cl)cccc1Cl)[C@H]1CC(c2cccc(Br)c2)=NO1. The van der Waals surface area contributed by atoms with E-state index in [4.69, 9.17) is 28.0 Å². The van der Waals surface area contributed by atoms with Crippen LogP contribution in [0.1, 0.15) is 12.0 Å². The fraction of sp³-hybridized carbons (Fsp3) is 0.125. The average molecular weight is 414 g/mol. The molecule has 1 atom stereocenters. The second kappa shape index (κ2) is 6.91. The molecule has 0 spiro atoms.